The maximum atomic E-state index is 12.9. The van der Waals surface area contributed by atoms with Crippen LogP contribution in [0, 0.1) is 6.92 Å². The molecule has 0 aliphatic rings. The predicted molar refractivity (Wildman–Crippen MR) is 107 cm³/mol. The van der Waals surface area contributed by atoms with Gasteiger partial charge < -0.3 is 14.2 Å². The number of carbonyl (C=O) groups is 1. The van der Waals surface area contributed by atoms with Gasteiger partial charge in [-0.2, -0.15) is 4.98 Å². The summed E-state index contributed by atoms with van der Waals surface area (Å²) in [6, 6.07) is 14.9. The highest BCUT2D eigenvalue weighted by Gasteiger charge is 2.19. The first kappa shape index (κ1) is 19.4. The Balaban J connectivity index is 1.74. The second-order valence-electron chi connectivity index (χ2n) is 6.31. The van der Waals surface area contributed by atoms with Crippen LogP contribution in [0.25, 0.3) is 11.4 Å². The molecule has 6 nitrogen and oxygen atoms in total. The molecule has 28 heavy (non-hydrogen) atoms. The number of aromatic nitrogens is 2. The predicted octanol–water partition coefficient (Wildman–Crippen LogP) is 4.27. The number of carbonyl (C=O) groups excluding carboxylic acids is 1. The zero-order valence-corrected chi connectivity index (χ0v) is 16.1. The summed E-state index contributed by atoms with van der Waals surface area (Å²) in [6.07, 6.45) is 1.67. The number of ether oxygens (including phenoxy) is 1. The molecule has 1 aromatic heterocycles. The Bertz CT molecular complexity index is 930. The van der Waals surface area contributed by atoms with Crippen LogP contribution in [-0.2, 0) is 6.54 Å². The Morgan fingerprint density at radius 3 is 2.54 bits per heavy atom. The van der Waals surface area contributed by atoms with Crippen LogP contribution >= 0.6 is 0 Å². The van der Waals surface area contributed by atoms with Gasteiger partial charge in [0, 0.05) is 17.7 Å². The van der Waals surface area contributed by atoms with Gasteiger partial charge in [0.05, 0.1) is 6.61 Å². The van der Waals surface area contributed by atoms with Gasteiger partial charge >= 0.3 is 0 Å². The fraction of sp³-hybridized carbons (Fsp3) is 0.227. The van der Waals surface area contributed by atoms with Gasteiger partial charge in [-0.1, -0.05) is 41.1 Å². The lowest BCUT2D eigenvalue weighted by Crippen LogP contribution is -2.30. The quantitative estimate of drug-likeness (QED) is 0.548. The van der Waals surface area contributed by atoms with Crippen LogP contribution in [0.15, 0.2) is 65.7 Å². The summed E-state index contributed by atoms with van der Waals surface area (Å²) < 4.78 is 10.8. The molecule has 0 saturated carbocycles. The average molecular weight is 377 g/mol. The Morgan fingerprint density at radius 2 is 1.89 bits per heavy atom. The van der Waals surface area contributed by atoms with Crippen molar-refractivity contribution in [2.75, 3.05) is 13.2 Å². The van der Waals surface area contributed by atoms with Crippen LogP contribution < -0.4 is 4.74 Å². The van der Waals surface area contributed by atoms with Crippen LogP contribution in [0.5, 0.6) is 5.75 Å². The molecule has 0 N–H and O–H groups in total. The highest BCUT2D eigenvalue weighted by molar-refractivity contribution is 5.94. The summed E-state index contributed by atoms with van der Waals surface area (Å²) in [7, 11) is 0. The molecule has 0 saturated heterocycles. The molecule has 0 radical (unpaired) electrons. The third-order valence-corrected chi connectivity index (χ3v) is 4.15. The molecule has 6 heteroatoms. The first-order chi connectivity index (χ1) is 13.6. The van der Waals surface area contributed by atoms with Crippen LogP contribution in [-0.4, -0.2) is 34.1 Å². The van der Waals surface area contributed by atoms with Gasteiger partial charge in [-0.3, -0.25) is 4.79 Å². The average Bonchev–Trinajstić information content (AvgIpc) is 3.17. The molecule has 3 aromatic rings. The van der Waals surface area contributed by atoms with Crippen LogP contribution in [0.2, 0.25) is 0 Å². The molecule has 0 bridgehead atoms. The van der Waals surface area contributed by atoms with Crippen molar-refractivity contribution in [3.63, 3.8) is 0 Å². The topological polar surface area (TPSA) is 68.5 Å². The monoisotopic (exact) mass is 377 g/mol. The Morgan fingerprint density at radius 1 is 1.18 bits per heavy atom. The molecular weight excluding hydrogens is 354 g/mol. The second-order valence-corrected chi connectivity index (χ2v) is 6.31. The van der Waals surface area contributed by atoms with Gasteiger partial charge in [0.25, 0.3) is 5.91 Å². The largest absolute Gasteiger partial charge is 0.494 e. The molecule has 0 aliphatic heterocycles. The van der Waals surface area contributed by atoms with Gasteiger partial charge in [-0.25, -0.2) is 0 Å². The molecule has 0 aliphatic carbocycles. The van der Waals surface area contributed by atoms with E-state index in [1.807, 2.05) is 38.1 Å². The summed E-state index contributed by atoms with van der Waals surface area (Å²) in [6.45, 7) is 8.83. The van der Waals surface area contributed by atoms with Gasteiger partial charge in [0.15, 0.2) is 0 Å². The van der Waals surface area contributed by atoms with E-state index in [2.05, 4.69) is 16.7 Å². The molecule has 1 heterocycles. The van der Waals surface area contributed by atoms with Crippen molar-refractivity contribution in [3.8, 4) is 17.1 Å². The van der Waals surface area contributed by atoms with Crippen LogP contribution in [0.4, 0.5) is 0 Å². The first-order valence-corrected chi connectivity index (χ1v) is 9.13. The van der Waals surface area contributed by atoms with E-state index in [9.17, 15) is 4.79 Å². The summed E-state index contributed by atoms with van der Waals surface area (Å²) in [5.41, 5.74) is 2.59. The highest BCUT2D eigenvalue weighted by Crippen LogP contribution is 2.18. The van der Waals surface area contributed by atoms with Crippen molar-refractivity contribution in [2.45, 2.75) is 20.4 Å². The molecular formula is C22H23N3O3. The minimum Gasteiger partial charge on any atom is -0.494 e. The third-order valence-electron chi connectivity index (χ3n) is 4.15. The number of aryl methyl sites for hydroxylation is 1. The summed E-state index contributed by atoms with van der Waals surface area (Å²) in [5.74, 6) is 1.46. The molecule has 0 spiro atoms. The minimum absolute atomic E-state index is 0.141. The van der Waals surface area contributed by atoms with Gasteiger partial charge in [-0.15, -0.1) is 6.58 Å². The lowest BCUT2D eigenvalue weighted by Gasteiger charge is -2.19. The molecule has 2 aromatic carbocycles. The van der Waals surface area contributed by atoms with Crippen molar-refractivity contribution in [3.05, 3.63) is 78.2 Å². The molecule has 3 rings (SSSR count). The summed E-state index contributed by atoms with van der Waals surface area (Å²) in [4.78, 5) is 18.9. The van der Waals surface area contributed by atoms with E-state index in [4.69, 9.17) is 9.26 Å². The Labute approximate surface area is 164 Å². The van der Waals surface area contributed by atoms with E-state index >= 15 is 0 Å². The second kappa shape index (κ2) is 8.99. The lowest BCUT2D eigenvalue weighted by atomic mass is 10.1. The first-order valence-electron chi connectivity index (χ1n) is 9.13. The van der Waals surface area contributed by atoms with Crippen LogP contribution in [0.3, 0.4) is 0 Å². The van der Waals surface area contributed by atoms with Crippen molar-refractivity contribution >= 4 is 5.91 Å². The van der Waals surface area contributed by atoms with Gasteiger partial charge in [0.1, 0.15) is 12.3 Å². The molecule has 1 amide bonds. The molecule has 0 atom stereocenters. The third kappa shape index (κ3) is 4.65. The highest BCUT2D eigenvalue weighted by atomic mass is 16.5. The van der Waals surface area contributed by atoms with E-state index in [0.717, 1.165) is 16.9 Å². The van der Waals surface area contributed by atoms with E-state index in [1.165, 1.54) is 0 Å². The van der Waals surface area contributed by atoms with Crippen molar-refractivity contribution in [1.29, 1.82) is 0 Å². The maximum Gasteiger partial charge on any atom is 0.254 e. The molecule has 0 fully saturated rings. The van der Waals surface area contributed by atoms with E-state index in [0.29, 0.717) is 30.4 Å². The standard InChI is InChI=1S/C22H23N3O3/c1-4-14-25(22(26)18-10-12-19(13-11-18)27-5-2)15-20-23-21(24-28-20)17-8-6-16(3)7-9-17/h4,6-13H,1,5,14-15H2,2-3H3. The number of benzene rings is 2. The maximum absolute atomic E-state index is 12.9. The molecule has 144 valence electrons. The SMILES string of the molecule is C=CCN(Cc1nc(-c2ccc(C)cc2)no1)C(=O)c1ccc(OCC)cc1. The van der Waals surface area contributed by atoms with Crippen molar-refractivity contribution in [2.24, 2.45) is 0 Å². The summed E-state index contributed by atoms with van der Waals surface area (Å²) >= 11 is 0. The van der Waals surface area contributed by atoms with Crippen molar-refractivity contribution < 1.29 is 14.1 Å². The number of hydrogen-bond donors (Lipinski definition) is 0. The zero-order valence-electron chi connectivity index (χ0n) is 16.1. The number of amides is 1. The zero-order chi connectivity index (χ0) is 19.9. The summed E-state index contributed by atoms with van der Waals surface area (Å²) in [5, 5.41) is 4.03. The van der Waals surface area contributed by atoms with E-state index in [1.54, 1.807) is 35.2 Å². The smallest absolute Gasteiger partial charge is 0.254 e. The number of hydrogen-bond acceptors (Lipinski definition) is 5. The fourth-order valence-corrected chi connectivity index (χ4v) is 2.72. The van der Waals surface area contributed by atoms with E-state index in [-0.39, 0.29) is 12.5 Å². The van der Waals surface area contributed by atoms with E-state index < -0.39 is 0 Å². The Kier molecular flexibility index (Phi) is 6.22. The Hall–Kier alpha value is -3.41. The fourth-order valence-electron chi connectivity index (χ4n) is 2.72. The van der Waals surface area contributed by atoms with Gasteiger partial charge in [0.2, 0.25) is 11.7 Å². The normalized spacial score (nSPS) is 10.5. The molecule has 0 unspecified atom stereocenters. The van der Waals surface area contributed by atoms with Crippen molar-refractivity contribution in [1.82, 2.24) is 15.0 Å². The lowest BCUT2D eigenvalue weighted by molar-refractivity contribution is 0.0745. The minimum atomic E-state index is -0.141. The van der Waals surface area contributed by atoms with Crippen LogP contribution in [0.1, 0.15) is 28.7 Å². The number of nitrogens with zero attached hydrogens (tertiary/aromatic N) is 3. The number of rotatable bonds is 8. The van der Waals surface area contributed by atoms with Gasteiger partial charge in [-0.05, 0) is 38.1 Å².